The van der Waals surface area contributed by atoms with E-state index in [1.54, 1.807) is 25.7 Å². The summed E-state index contributed by atoms with van der Waals surface area (Å²) >= 11 is 0. The first-order valence-electron chi connectivity index (χ1n) is 7.59. The van der Waals surface area contributed by atoms with Gasteiger partial charge in [-0.3, -0.25) is 9.69 Å². The highest BCUT2D eigenvalue weighted by molar-refractivity contribution is 7.88. The first-order valence-corrected chi connectivity index (χ1v) is 9.44. The molecule has 1 aliphatic rings. The van der Waals surface area contributed by atoms with Crippen LogP contribution in [0.3, 0.4) is 0 Å². The van der Waals surface area contributed by atoms with Crippen molar-refractivity contribution in [2.24, 2.45) is 5.73 Å². The van der Waals surface area contributed by atoms with E-state index < -0.39 is 33.2 Å². The lowest BCUT2D eigenvalue weighted by atomic mass is 10.0. The summed E-state index contributed by atoms with van der Waals surface area (Å²) < 4.78 is 34.4. The standard InChI is InChI=1S/C14H27N3O6S/c1-13(2,3)23-11(18)10-14(15,12(19)22-4)16-6-8-17(9-7-16)24(5,20)21/h6-10,15H2,1-5H3/t14-/m0/s1. The average molecular weight is 365 g/mol. The lowest BCUT2D eigenvalue weighted by Gasteiger charge is -2.42. The summed E-state index contributed by atoms with van der Waals surface area (Å²) in [6.07, 6.45) is 0.745. The molecule has 0 aromatic heterocycles. The van der Waals surface area contributed by atoms with Crippen molar-refractivity contribution in [3.8, 4) is 0 Å². The highest BCUT2D eigenvalue weighted by Gasteiger charge is 2.46. The van der Waals surface area contributed by atoms with Gasteiger partial charge in [0.05, 0.1) is 19.8 Å². The van der Waals surface area contributed by atoms with E-state index in [1.807, 2.05) is 0 Å². The number of carbonyl (C=O) groups excluding carboxylic acids is 2. The zero-order valence-corrected chi connectivity index (χ0v) is 15.7. The van der Waals surface area contributed by atoms with E-state index in [-0.39, 0.29) is 32.6 Å². The van der Waals surface area contributed by atoms with E-state index in [1.165, 1.54) is 11.4 Å². The summed E-state index contributed by atoms with van der Waals surface area (Å²) in [4.78, 5) is 25.9. The van der Waals surface area contributed by atoms with Crippen molar-refractivity contribution in [2.45, 2.75) is 38.5 Å². The number of sulfonamides is 1. The fraction of sp³-hybridized carbons (Fsp3) is 0.857. The Morgan fingerprint density at radius 2 is 1.62 bits per heavy atom. The molecule has 0 radical (unpaired) electrons. The molecule has 24 heavy (non-hydrogen) atoms. The summed E-state index contributed by atoms with van der Waals surface area (Å²) in [7, 11) is -2.12. The molecule has 1 aliphatic heterocycles. The molecule has 1 saturated heterocycles. The van der Waals surface area contributed by atoms with Crippen LogP contribution in [-0.4, -0.2) is 80.4 Å². The number of hydrogen-bond acceptors (Lipinski definition) is 8. The Balaban J connectivity index is 2.90. The van der Waals surface area contributed by atoms with E-state index in [4.69, 9.17) is 15.2 Å². The van der Waals surface area contributed by atoms with Gasteiger partial charge in [-0.15, -0.1) is 0 Å². The molecule has 0 aromatic rings. The van der Waals surface area contributed by atoms with Crippen molar-refractivity contribution >= 4 is 22.0 Å². The predicted molar refractivity (Wildman–Crippen MR) is 87.4 cm³/mol. The van der Waals surface area contributed by atoms with Crippen LogP contribution in [0.2, 0.25) is 0 Å². The molecule has 0 spiro atoms. The Morgan fingerprint density at radius 1 is 1.12 bits per heavy atom. The van der Waals surface area contributed by atoms with Crippen molar-refractivity contribution in [2.75, 3.05) is 39.5 Å². The number of rotatable bonds is 5. The van der Waals surface area contributed by atoms with E-state index >= 15 is 0 Å². The van der Waals surface area contributed by atoms with Crippen LogP contribution >= 0.6 is 0 Å². The Hall–Kier alpha value is -1.23. The zero-order valence-electron chi connectivity index (χ0n) is 14.9. The second-order valence-corrected chi connectivity index (χ2v) is 8.81. The lowest BCUT2D eigenvalue weighted by molar-refractivity contribution is -0.169. The highest BCUT2D eigenvalue weighted by atomic mass is 32.2. The van der Waals surface area contributed by atoms with Crippen LogP contribution in [0.1, 0.15) is 27.2 Å². The molecule has 0 unspecified atom stereocenters. The molecule has 140 valence electrons. The Morgan fingerprint density at radius 3 is 2.00 bits per heavy atom. The summed E-state index contributed by atoms with van der Waals surface area (Å²) in [5, 5.41) is 0. The molecular weight excluding hydrogens is 338 g/mol. The predicted octanol–water partition coefficient (Wildman–Crippen LogP) is -0.877. The molecule has 0 bridgehead atoms. The van der Waals surface area contributed by atoms with Gasteiger partial charge < -0.3 is 15.2 Å². The van der Waals surface area contributed by atoms with Gasteiger partial charge in [-0.05, 0) is 20.8 Å². The second-order valence-electron chi connectivity index (χ2n) is 6.83. The Labute approximate surface area is 143 Å². The van der Waals surface area contributed by atoms with Gasteiger partial charge in [-0.1, -0.05) is 0 Å². The van der Waals surface area contributed by atoms with Crippen LogP contribution in [0.15, 0.2) is 0 Å². The number of esters is 2. The van der Waals surface area contributed by atoms with Crippen molar-refractivity contribution < 1.29 is 27.5 Å². The molecular formula is C14H27N3O6S. The number of carbonyl (C=O) groups is 2. The van der Waals surface area contributed by atoms with Gasteiger partial charge in [0, 0.05) is 26.2 Å². The minimum atomic E-state index is -3.31. The van der Waals surface area contributed by atoms with Crippen LogP contribution in [0.25, 0.3) is 0 Å². The van der Waals surface area contributed by atoms with Gasteiger partial charge in [0.1, 0.15) is 5.60 Å². The molecule has 1 heterocycles. The highest BCUT2D eigenvalue weighted by Crippen LogP contribution is 2.21. The van der Waals surface area contributed by atoms with Crippen LogP contribution in [0.5, 0.6) is 0 Å². The molecule has 9 nitrogen and oxygen atoms in total. The Kier molecular flexibility index (Phi) is 6.37. The number of nitrogens with zero attached hydrogens (tertiary/aromatic N) is 2. The topological polar surface area (TPSA) is 119 Å². The molecule has 1 atom stereocenters. The average Bonchev–Trinajstić information content (AvgIpc) is 2.43. The SMILES string of the molecule is COC(=O)[C@](N)(CC(=O)OC(C)(C)C)N1CCN(S(C)(=O)=O)CC1. The minimum absolute atomic E-state index is 0.184. The van der Waals surface area contributed by atoms with Crippen LogP contribution in [-0.2, 0) is 29.1 Å². The summed E-state index contributed by atoms with van der Waals surface area (Å²) in [5.41, 5.74) is 3.78. The molecule has 0 aliphatic carbocycles. The third kappa shape index (κ3) is 5.40. The van der Waals surface area contributed by atoms with Crippen LogP contribution in [0, 0.1) is 0 Å². The molecule has 0 amide bonds. The lowest BCUT2D eigenvalue weighted by Crippen LogP contribution is -2.67. The van der Waals surface area contributed by atoms with Gasteiger partial charge in [0.15, 0.2) is 5.66 Å². The maximum absolute atomic E-state index is 12.2. The maximum Gasteiger partial charge on any atom is 0.341 e. The number of ether oxygens (including phenoxy) is 2. The summed E-state index contributed by atoms with van der Waals surface area (Å²) in [6, 6.07) is 0. The largest absolute Gasteiger partial charge is 0.467 e. The normalized spacial score (nSPS) is 20.2. The first-order chi connectivity index (χ1) is 10.8. The molecule has 1 rings (SSSR count). The van der Waals surface area contributed by atoms with Gasteiger partial charge in [-0.25, -0.2) is 13.2 Å². The number of hydrogen-bond donors (Lipinski definition) is 1. The van der Waals surface area contributed by atoms with Crippen LogP contribution < -0.4 is 5.73 Å². The van der Waals surface area contributed by atoms with Crippen molar-refractivity contribution in [3.05, 3.63) is 0 Å². The van der Waals surface area contributed by atoms with E-state index in [9.17, 15) is 18.0 Å². The third-order valence-corrected chi connectivity index (χ3v) is 4.95. The smallest absolute Gasteiger partial charge is 0.341 e. The fourth-order valence-corrected chi connectivity index (χ4v) is 3.33. The maximum atomic E-state index is 12.2. The molecule has 0 aromatic carbocycles. The molecule has 10 heteroatoms. The van der Waals surface area contributed by atoms with Gasteiger partial charge in [0.2, 0.25) is 10.0 Å². The number of piperazine rings is 1. The zero-order chi connectivity index (χ0) is 18.8. The van der Waals surface area contributed by atoms with E-state index in [2.05, 4.69) is 0 Å². The fourth-order valence-electron chi connectivity index (χ4n) is 2.51. The van der Waals surface area contributed by atoms with E-state index in [0.29, 0.717) is 0 Å². The molecule has 0 saturated carbocycles. The molecule has 1 fully saturated rings. The summed E-state index contributed by atoms with van der Waals surface area (Å²) in [6.45, 7) is 5.93. The van der Waals surface area contributed by atoms with Crippen molar-refractivity contribution in [1.29, 1.82) is 0 Å². The van der Waals surface area contributed by atoms with Gasteiger partial charge in [0.25, 0.3) is 0 Å². The monoisotopic (exact) mass is 365 g/mol. The third-order valence-electron chi connectivity index (χ3n) is 3.64. The quantitative estimate of drug-likeness (QED) is 0.624. The Bertz CT molecular complexity index is 578. The van der Waals surface area contributed by atoms with E-state index in [0.717, 1.165) is 6.26 Å². The number of nitrogens with two attached hydrogens (primary N) is 1. The van der Waals surface area contributed by atoms with Gasteiger partial charge in [-0.2, -0.15) is 4.31 Å². The van der Waals surface area contributed by atoms with Crippen LogP contribution in [0.4, 0.5) is 0 Å². The summed E-state index contributed by atoms with van der Waals surface area (Å²) in [5.74, 6) is -1.39. The van der Waals surface area contributed by atoms with Gasteiger partial charge >= 0.3 is 11.9 Å². The first kappa shape index (κ1) is 20.8. The molecule has 2 N–H and O–H groups in total. The minimum Gasteiger partial charge on any atom is -0.467 e. The van der Waals surface area contributed by atoms with Crippen molar-refractivity contribution in [3.63, 3.8) is 0 Å². The number of methoxy groups -OCH3 is 1. The van der Waals surface area contributed by atoms with Crippen molar-refractivity contribution in [1.82, 2.24) is 9.21 Å². The second kappa shape index (κ2) is 7.34.